The molecule has 37 heavy (non-hydrogen) atoms. The lowest BCUT2D eigenvalue weighted by molar-refractivity contribution is -0.139. The van der Waals surface area contributed by atoms with Crippen molar-refractivity contribution >= 4 is 50.7 Å². The minimum atomic E-state index is -4.26. The molecule has 196 valence electrons. The number of benzene rings is 3. The normalized spacial score (nSPS) is 12.0. The van der Waals surface area contributed by atoms with Gasteiger partial charge in [0.05, 0.1) is 20.6 Å². The molecule has 0 saturated carbocycles. The van der Waals surface area contributed by atoms with Gasteiger partial charge in [-0.05, 0) is 67.9 Å². The van der Waals surface area contributed by atoms with E-state index in [1.807, 2.05) is 0 Å². The predicted octanol–water partition coefficient (Wildman–Crippen LogP) is 4.88. The van der Waals surface area contributed by atoms with Crippen molar-refractivity contribution in [2.45, 2.75) is 31.3 Å². The number of nitrogens with one attached hydrogen (secondary N) is 1. The molecule has 11 heteroatoms. The summed E-state index contributed by atoms with van der Waals surface area (Å²) in [6.45, 7) is 3.04. The van der Waals surface area contributed by atoms with E-state index in [0.717, 1.165) is 28.6 Å². The van der Waals surface area contributed by atoms with Crippen LogP contribution in [0.4, 0.5) is 10.1 Å². The Morgan fingerprint density at radius 1 is 0.973 bits per heavy atom. The largest absolute Gasteiger partial charge is 0.355 e. The fourth-order valence-electron chi connectivity index (χ4n) is 3.60. The number of likely N-dealkylation sites (N-methyl/N-ethyl adjacent to an activating group) is 1. The van der Waals surface area contributed by atoms with Crippen molar-refractivity contribution in [3.05, 3.63) is 94.2 Å². The quantitative estimate of drug-likeness (QED) is 0.379. The number of halogens is 3. The number of hydrogen-bond acceptors (Lipinski definition) is 4. The molecule has 0 aliphatic heterocycles. The van der Waals surface area contributed by atoms with Gasteiger partial charge in [-0.2, -0.15) is 0 Å². The van der Waals surface area contributed by atoms with Gasteiger partial charge in [-0.15, -0.1) is 0 Å². The first-order valence-corrected chi connectivity index (χ1v) is 13.6. The Morgan fingerprint density at radius 2 is 1.62 bits per heavy atom. The van der Waals surface area contributed by atoms with Crippen molar-refractivity contribution in [2.24, 2.45) is 0 Å². The molecule has 0 saturated heterocycles. The first-order valence-electron chi connectivity index (χ1n) is 11.4. The first-order chi connectivity index (χ1) is 17.5. The molecule has 0 radical (unpaired) electrons. The molecule has 7 nitrogen and oxygen atoms in total. The van der Waals surface area contributed by atoms with E-state index in [2.05, 4.69) is 5.32 Å². The van der Waals surface area contributed by atoms with Gasteiger partial charge < -0.3 is 10.2 Å². The van der Waals surface area contributed by atoms with E-state index < -0.39 is 40.2 Å². The molecule has 0 unspecified atom stereocenters. The third-order valence-corrected chi connectivity index (χ3v) is 8.11. The van der Waals surface area contributed by atoms with Crippen LogP contribution in [0.25, 0.3) is 0 Å². The van der Waals surface area contributed by atoms with Gasteiger partial charge in [0.25, 0.3) is 10.0 Å². The molecule has 0 aliphatic carbocycles. The average Bonchev–Trinajstić information content (AvgIpc) is 2.88. The number of nitrogens with zero attached hydrogens (tertiary/aromatic N) is 2. The van der Waals surface area contributed by atoms with Crippen molar-refractivity contribution in [3.63, 3.8) is 0 Å². The summed E-state index contributed by atoms with van der Waals surface area (Å²) in [5, 5.41) is 3.30. The lowest BCUT2D eigenvalue weighted by Gasteiger charge is -2.32. The van der Waals surface area contributed by atoms with Crippen molar-refractivity contribution in [1.29, 1.82) is 0 Å². The molecule has 0 bridgehead atoms. The lowest BCUT2D eigenvalue weighted by Crippen LogP contribution is -2.51. The molecule has 0 fully saturated rings. The number of sulfonamides is 1. The minimum Gasteiger partial charge on any atom is -0.355 e. The Morgan fingerprint density at radius 3 is 2.22 bits per heavy atom. The summed E-state index contributed by atoms with van der Waals surface area (Å²) >= 11 is 12.2. The monoisotopic (exact) mass is 565 g/mol. The second-order valence-corrected chi connectivity index (χ2v) is 10.8. The average molecular weight is 566 g/mol. The van der Waals surface area contributed by atoms with Gasteiger partial charge in [-0.3, -0.25) is 13.9 Å². The molecular weight excluding hydrogens is 540 g/mol. The maximum atomic E-state index is 13.7. The first kappa shape index (κ1) is 28.4. The number of hydrogen-bond donors (Lipinski definition) is 1. The van der Waals surface area contributed by atoms with E-state index in [-0.39, 0.29) is 22.2 Å². The number of rotatable bonds is 10. The molecule has 0 spiro atoms. The molecular formula is C26H26Cl2FN3O4S. The zero-order valence-electron chi connectivity index (χ0n) is 20.2. The smallest absolute Gasteiger partial charge is 0.264 e. The molecule has 0 aromatic heterocycles. The van der Waals surface area contributed by atoms with E-state index in [9.17, 15) is 22.4 Å². The molecule has 0 aliphatic rings. The third-order valence-electron chi connectivity index (χ3n) is 5.58. The number of carbonyl (C=O) groups excluding carboxylic acids is 2. The molecule has 1 atom stereocenters. The Balaban J connectivity index is 2.01. The molecule has 1 N–H and O–H groups in total. The third kappa shape index (κ3) is 7.00. The van der Waals surface area contributed by atoms with Crippen molar-refractivity contribution < 1.29 is 22.4 Å². The highest BCUT2D eigenvalue weighted by Crippen LogP contribution is 2.26. The van der Waals surface area contributed by atoms with Crippen LogP contribution in [-0.4, -0.2) is 44.3 Å². The second kappa shape index (κ2) is 12.4. The Kier molecular flexibility index (Phi) is 9.53. The summed E-state index contributed by atoms with van der Waals surface area (Å²) in [6.07, 6.45) is 0. The zero-order valence-corrected chi connectivity index (χ0v) is 22.5. The van der Waals surface area contributed by atoms with Gasteiger partial charge in [0.1, 0.15) is 18.4 Å². The van der Waals surface area contributed by atoms with Crippen LogP contribution in [0.1, 0.15) is 19.4 Å². The highest BCUT2D eigenvalue weighted by molar-refractivity contribution is 7.92. The highest BCUT2D eigenvalue weighted by atomic mass is 35.5. The van der Waals surface area contributed by atoms with Crippen LogP contribution in [0.3, 0.4) is 0 Å². The van der Waals surface area contributed by atoms with E-state index in [4.69, 9.17) is 23.2 Å². The predicted molar refractivity (Wildman–Crippen MR) is 143 cm³/mol. The van der Waals surface area contributed by atoms with Crippen LogP contribution in [0.2, 0.25) is 10.0 Å². The maximum Gasteiger partial charge on any atom is 0.264 e. The molecule has 3 aromatic carbocycles. The molecule has 2 amide bonds. The van der Waals surface area contributed by atoms with Gasteiger partial charge in [0.2, 0.25) is 11.8 Å². The molecule has 0 heterocycles. The van der Waals surface area contributed by atoms with E-state index in [0.29, 0.717) is 17.1 Å². The Bertz CT molecular complexity index is 1360. The van der Waals surface area contributed by atoms with Crippen LogP contribution < -0.4 is 9.62 Å². The maximum absolute atomic E-state index is 13.7. The molecule has 3 rings (SSSR count). The van der Waals surface area contributed by atoms with Gasteiger partial charge in [-0.25, -0.2) is 12.8 Å². The number of anilines is 1. The number of amides is 2. The highest BCUT2D eigenvalue weighted by Gasteiger charge is 2.32. The van der Waals surface area contributed by atoms with Crippen LogP contribution >= 0.6 is 23.2 Å². The summed E-state index contributed by atoms with van der Waals surface area (Å²) in [6, 6.07) is 16.3. The minimum absolute atomic E-state index is 0.0206. The summed E-state index contributed by atoms with van der Waals surface area (Å²) in [4.78, 5) is 27.5. The van der Waals surface area contributed by atoms with Crippen LogP contribution in [-0.2, 0) is 26.2 Å². The second-order valence-electron chi connectivity index (χ2n) is 8.14. The standard InChI is InChI=1S/C26H26Cl2FN3O4S/c1-3-30-26(34)18(2)31(16-19-9-14-23(27)24(28)15-19)25(33)17-32(21-7-5-4-6-8-21)37(35,36)22-12-10-20(29)11-13-22/h4-15,18H,3,16-17H2,1-2H3,(H,30,34)/t18-/m0/s1. The van der Waals surface area contributed by atoms with Crippen LogP contribution in [0.15, 0.2) is 77.7 Å². The zero-order chi connectivity index (χ0) is 27.2. The Hall–Kier alpha value is -3.14. The van der Waals surface area contributed by atoms with Crippen LogP contribution in [0.5, 0.6) is 0 Å². The molecule has 3 aromatic rings. The fourth-order valence-corrected chi connectivity index (χ4v) is 5.33. The van der Waals surface area contributed by atoms with Gasteiger partial charge in [0, 0.05) is 13.1 Å². The van der Waals surface area contributed by atoms with E-state index >= 15 is 0 Å². The van der Waals surface area contributed by atoms with Crippen LogP contribution in [0, 0.1) is 5.82 Å². The van der Waals surface area contributed by atoms with Gasteiger partial charge >= 0.3 is 0 Å². The summed E-state index contributed by atoms with van der Waals surface area (Å²) < 4.78 is 41.6. The SMILES string of the molecule is CCNC(=O)[C@H](C)N(Cc1ccc(Cl)c(Cl)c1)C(=O)CN(c1ccccc1)S(=O)(=O)c1ccc(F)cc1. The number of carbonyl (C=O) groups is 2. The summed E-state index contributed by atoms with van der Waals surface area (Å²) in [5.74, 6) is -1.62. The van der Waals surface area contributed by atoms with Gasteiger partial charge in [0.15, 0.2) is 0 Å². The van der Waals surface area contributed by atoms with E-state index in [1.54, 1.807) is 62.4 Å². The fraction of sp³-hybridized carbons (Fsp3) is 0.231. The van der Waals surface area contributed by atoms with Crippen molar-refractivity contribution in [3.8, 4) is 0 Å². The van der Waals surface area contributed by atoms with Gasteiger partial charge in [-0.1, -0.05) is 47.5 Å². The Labute approximate surface area is 225 Å². The lowest BCUT2D eigenvalue weighted by atomic mass is 10.1. The topological polar surface area (TPSA) is 86.8 Å². The van der Waals surface area contributed by atoms with Crippen molar-refractivity contribution in [2.75, 3.05) is 17.4 Å². The van der Waals surface area contributed by atoms with E-state index in [1.165, 1.54) is 4.90 Å². The number of para-hydroxylation sites is 1. The van der Waals surface area contributed by atoms with Crippen molar-refractivity contribution in [1.82, 2.24) is 10.2 Å². The summed E-state index contributed by atoms with van der Waals surface area (Å²) in [7, 11) is -4.26. The summed E-state index contributed by atoms with van der Waals surface area (Å²) in [5.41, 5.74) is 0.840.